The number of benzene rings is 2. The molecule has 0 unspecified atom stereocenters. The van der Waals surface area contributed by atoms with E-state index in [1.807, 2.05) is 64.0 Å². The lowest BCUT2D eigenvalue weighted by molar-refractivity contribution is -0.140. The van der Waals surface area contributed by atoms with Crippen LogP contribution in [0, 0.1) is 6.92 Å². The molecule has 1 amide bonds. The van der Waals surface area contributed by atoms with Gasteiger partial charge in [0.05, 0.1) is 17.7 Å². The first-order valence-corrected chi connectivity index (χ1v) is 11.4. The molecule has 0 spiro atoms. The molecule has 1 saturated heterocycles. The summed E-state index contributed by atoms with van der Waals surface area (Å²) in [6.07, 6.45) is 0.0209. The number of Topliss-reactive ketones (excluding diaryl/α,β-unsaturated/α-hetero) is 1. The third kappa shape index (κ3) is 5.05. The molecule has 1 fully saturated rings. The summed E-state index contributed by atoms with van der Waals surface area (Å²) in [7, 11) is 3.82. The van der Waals surface area contributed by atoms with Crippen LogP contribution in [0.4, 0.5) is 0 Å². The molecule has 1 aliphatic rings. The Labute approximate surface area is 197 Å². The summed E-state index contributed by atoms with van der Waals surface area (Å²) in [5.41, 5.74) is 2.19. The third-order valence-corrected chi connectivity index (χ3v) is 5.85. The molecule has 2 aromatic rings. The lowest BCUT2D eigenvalue weighted by Crippen LogP contribution is -2.35. The van der Waals surface area contributed by atoms with Crippen molar-refractivity contribution in [1.82, 2.24) is 9.80 Å². The number of hydrogen-bond acceptors (Lipinski definition) is 5. The Kier molecular flexibility index (Phi) is 7.41. The molecule has 1 heterocycles. The average Bonchev–Trinajstić information content (AvgIpc) is 2.98. The fraction of sp³-hybridized carbons (Fsp3) is 0.360. The minimum absolute atomic E-state index is 0.0209. The van der Waals surface area contributed by atoms with Crippen LogP contribution in [0.5, 0.6) is 5.75 Å². The van der Waals surface area contributed by atoms with Gasteiger partial charge in [0, 0.05) is 23.1 Å². The number of rotatable bonds is 7. The van der Waals surface area contributed by atoms with E-state index < -0.39 is 17.7 Å². The zero-order valence-electron chi connectivity index (χ0n) is 19.1. The van der Waals surface area contributed by atoms with Crippen LogP contribution in [0.3, 0.4) is 0 Å². The van der Waals surface area contributed by atoms with Crippen molar-refractivity contribution >= 4 is 33.4 Å². The lowest BCUT2D eigenvalue weighted by atomic mass is 9.95. The highest BCUT2D eigenvalue weighted by Crippen LogP contribution is 2.40. The molecule has 170 valence electrons. The summed E-state index contributed by atoms with van der Waals surface area (Å²) in [4.78, 5) is 29.5. The van der Waals surface area contributed by atoms with Gasteiger partial charge in [-0.15, -0.1) is 0 Å². The molecule has 2 aromatic carbocycles. The second kappa shape index (κ2) is 9.88. The van der Waals surface area contributed by atoms with E-state index in [0.29, 0.717) is 24.4 Å². The molecule has 1 N–H and O–H groups in total. The summed E-state index contributed by atoms with van der Waals surface area (Å²) < 4.78 is 6.67. The molecule has 0 bridgehead atoms. The number of carbonyl (C=O) groups excluding carboxylic acids is 2. The van der Waals surface area contributed by atoms with Gasteiger partial charge in [0.1, 0.15) is 11.5 Å². The number of carbonyl (C=O) groups is 2. The van der Waals surface area contributed by atoms with Crippen molar-refractivity contribution in [2.75, 3.05) is 27.2 Å². The largest absolute Gasteiger partial charge is 0.507 e. The van der Waals surface area contributed by atoms with Gasteiger partial charge in [-0.1, -0.05) is 28.1 Å². The standard InChI is InChI=1S/C25H29BrN2O4/c1-15(2)32-20-11-8-18(14-16(20)3)23(29)21-22(17-6-9-19(26)10-7-17)28(13-12-27(4)5)25(31)24(21)30/h6-11,14-15,22,29H,12-13H2,1-5H3/t22-/m0/s1. The molecule has 1 aliphatic heterocycles. The first-order valence-electron chi connectivity index (χ1n) is 10.6. The SMILES string of the molecule is Cc1cc(C(O)=C2C(=O)C(=O)N(CCN(C)C)[C@H]2c2ccc(Br)cc2)ccc1OC(C)C. The van der Waals surface area contributed by atoms with Crippen molar-refractivity contribution in [3.8, 4) is 5.75 Å². The maximum absolute atomic E-state index is 13.1. The summed E-state index contributed by atoms with van der Waals surface area (Å²) >= 11 is 3.43. The normalized spacial score (nSPS) is 18.1. The molecular formula is C25H29BrN2O4. The second-order valence-electron chi connectivity index (χ2n) is 8.49. The van der Waals surface area contributed by atoms with Crippen LogP contribution >= 0.6 is 15.9 Å². The van der Waals surface area contributed by atoms with Gasteiger partial charge in [-0.05, 0) is 76.3 Å². The van der Waals surface area contributed by atoms with E-state index in [9.17, 15) is 14.7 Å². The molecule has 6 nitrogen and oxygen atoms in total. The van der Waals surface area contributed by atoms with Crippen LogP contribution < -0.4 is 4.74 Å². The highest BCUT2D eigenvalue weighted by atomic mass is 79.9. The van der Waals surface area contributed by atoms with Gasteiger partial charge < -0.3 is 19.6 Å². The molecule has 7 heteroatoms. The number of amides is 1. The predicted octanol–water partition coefficient (Wildman–Crippen LogP) is 4.53. The van der Waals surface area contributed by atoms with Gasteiger partial charge in [0.15, 0.2) is 0 Å². The fourth-order valence-electron chi connectivity index (χ4n) is 3.75. The molecular weight excluding hydrogens is 472 g/mol. The Morgan fingerprint density at radius 2 is 1.81 bits per heavy atom. The Morgan fingerprint density at radius 1 is 1.16 bits per heavy atom. The van der Waals surface area contributed by atoms with Gasteiger partial charge in [-0.3, -0.25) is 9.59 Å². The van der Waals surface area contributed by atoms with E-state index in [1.165, 1.54) is 0 Å². The van der Waals surface area contributed by atoms with E-state index >= 15 is 0 Å². The number of ether oxygens (including phenoxy) is 1. The minimum Gasteiger partial charge on any atom is -0.507 e. The smallest absolute Gasteiger partial charge is 0.295 e. The van der Waals surface area contributed by atoms with Gasteiger partial charge in [0.2, 0.25) is 0 Å². The summed E-state index contributed by atoms with van der Waals surface area (Å²) in [5.74, 6) is -0.734. The van der Waals surface area contributed by atoms with Crippen molar-refractivity contribution < 1.29 is 19.4 Å². The number of halogens is 1. The second-order valence-corrected chi connectivity index (χ2v) is 9.41. The van der Waals surface area contributed by atoms with E-state index in [2.05, 4.69) is 15.9 Å². The van der Waals surface area contributed by atoms with Crippen molar-refractivity contribution in [3.63, 3.8) is 0 Å². The fourth-order valence-corrected chi connectivity index (χ4v) is 4.01. The molecule has 1 atom stereocenters. The van der Waals surface area contributed by atoms with Crippen LogP contribution in [-0.2, 0) is 9.59 Å². The van der Waals surface area contributed by atoms with Gasteiger partial charge >= 0.3 is 0 Å². The maximum Gasteiger partial charge on any atom is 0.295 e. The topological polar surface area (TPSA) is 70.1 Å². The predicted molar refractivity (Wildman–Crippen MR) is 129 cm³/mol. The van der Waals surface area contributed by atoms with Crippen LogP contribution in [-0.4, -0.2) is 59.9 Å². The van der Waals surface area contributed by atoms with Gasteiger partial charge in [0.25, 0.3) is 11.7 Å². The van der Waals surface area contributed by atoms with Crippen LogP contribution in [0.2, 0.25) is 0 Å². The van der Waals surface area contributed by atoms with E-state index in [1.54, 1.807) is 23.1 Å². The summed E-state index contributed by atoms with van der Waals surface area (Å²) in [6.45, 7) is 6.74. The molecule has 0 aromatic heterocycles. The average molecular weight is 501 g/mol. The Hall–Kier alpha value is -2.64. The zero-order chi connectivity index (χ0) is 23.6. The van der Waals surface area contributed by atoms with Crippen molar-refractivity contribution in [2.24, 2.45) is 0 Å². The van der Waals surface area contributed by atoms with Gasteiger partial charge in [-0.25, -0.2) is 0 Å². The Bertz CT molecular complexity index is 1040. The first-order chi connectivity index (χ1) is 15.1. The number of likely N-dealkylation sites (tertiary alicyclic amines) is 1. The molecule has 0 aliphatic carbocycles. The van der Waals surface area contributed by atoms with Crippen LogP contribution in [0.25, 0.3) is 5.76 Å². The number of aliphatic hydroxyl groups is 1. The number of nitrogens with zero attached hydrogens (tertiary/aromatic N) is 2. The minimum atomic E-state index is -0.672. The number of aliphatic hydroxyl groups excluding tert-OH is 1. The highest BCUT2D eigenvalue weighted by molar-refractivity contribution is 9.10. The molecule has 0 radical (unpaired) electrons. The summed E-state index contributed by atoms with van der Waals surface area (Å²) in [5, 5.41) is 11.2. The molecule has 0 saturated carbocycles. The van der Waals surface area contributed by atoms with Crippen molar-refractivity contribution in [3.05, 3.63) is 69.2 Å². The Balaban J connectivity index is 2.11. The van der Waals surface area contributed by atoms with E-state index in [-0.39, 0.29) is 17.4 Å². The van der Waals surface area contributed by atoms with E-state index in [4.69, 9.17) is 4.74 Å². The number of ketones is 1. The van der Waals surface area contributed by atoms with Gasteiger partial charge in [-0.2, -0.15) is 0 Å². The van der Waals surface area contributed by atoms with Crippen LogP contribution in [0.15, 0.2) is 52.5 Å². The van der Waals surface area contributed by atoms with Crippen LogP contribution in [0.1, 0.15) is 36.6 Å². The third-order valence-electron chi connectivity index (χ3n) is 5.32. The van der Waals surface area contributed by atoms with Crippen molar-refractivity contribution in [2.45, 2.75) is 32.9 Å². The number of hydrogen-bond donors (Lipinski definition) is 1. The summed E-state index contributed by atoms with van der Waals surface area (Å²) in [6, 6.07) is 12.1. The van der Waals surface area contributed by atoms with Crippen molar-refractivity contribution in [1.29, 1.82) is 0 Å². The lowest BCUT2D eigenvalue weighted by Gasteiger charge is -2.26. The van der Waals surface area contributed by atoms with E-state index in [0.717, 1.165) is 15.6 Å². The molecule has 32 heavy (non-hydrogen) atoms. The zero-order valence-corrected chi connectivity index (χ0v) is 20.6. The molecule has 3 rings (SSSR count). The highest BCUT2D eigenvalue weighted by Gasteiger charge is 2.45. The maximum atomic E-state index is 13.1. The first kappa shape index (κ1) is 24.0. The Morgan fingerprint density at radius 3 is 2.38 bits per heavy atom. The number of aryl methyl sites for hydroxylation is 1. The quantitative estimate of drug-likeness (QED) is 0.343. The monoisotopic (exact) mass is 500 g/mol. The number of likely N-dealkylation sites (N-methyl/N-ethyl adjacent to an activating group) is 1.